The third-order valence-electron chi connectivity index (χ3n) is 8.09. The van der Waals surface area contributed by atoms with Gasteiger partial charge in [0.2, 0.25) is 5.91 Å². The monoisotopic (exact) mass is 766 g/mol. The Bertz CT molecular complexity index is 2610. The van der Waals surface area contributed by atoms with E-state index in [1.54, 1.807) is 19.1 Å². The fourth-order valence-electron chi connectivity index (χ4n) is 5.61. The Hall–Kier alpha value is -5.91. The van der Waals surface area contributed by atoms with Gasteiger partial charge < -0.3 is 21.0 Å². The summed E-state index contributed by atoms with van der Waals surface area (Å²) in [6.45, 7) is 8.83. The van der Waals surface area contributed by atoms with Crippen molar-refractivity contribution in [3.05, 3.63) is 107 Å². The SMILES string of the molecule is CC(=O)Nc1cc(N=Nc2c(S(=O)(=O)O)cc3ccc(N)cc3c2O)c(C)cc1N=Nc1cc(C)cc2cc(C)cc(OOOSc3ccc(C)cc3)c12. The summed E-state index contributed by atoms with van der Waals surface area (Å²) in [7, 11) is -4.83. The van der Waals surface area contributed by atoms with E-state index in [1.807, 2.05) is 63.2 Å². The lowest BCUT2D eigenvalue weighted by molar-refractivity contribution is -0.403. The first-order valence-electron chi connectivity index (χ1n) is 16.2. The second kappa shape index (κ2) is 15.6. The number of phenols is 1. The normalized spacial score (nSPS) is 12.0. The summed E-state index contributed by atoms with van der Waals surface area (Å²) < 4.78 is 39.8. The molecule has 0 aromatic heterocycles. The second-order valence-electron chi connectivity index (χ2n) is 12.5. The van der Waals surface area contributed by atoms with Gasteiger partial charge in [0.1, 0.15) is 16.3 Å². The number of rotatable bonds is 11. The zero-order chi connectivity index (χ0) is 38.7. The summed E-state index contributed by atoms with van der Waals surface area (Å²) in [4.78, 5) is 18.1. The van der Waals surface area contributed by atoms with Crippen LogP contribution in [0.5, 0.6) is 11.5 Å². The smallest absolute Gasteiger partial charge is 0.296 e. The molecule has 0 aliphatic heterocycles. The van der Waals surface area contributed by atoms with Crippen LogP contribution >= 0.6 is 12.0 Å². The minimum absolute atomic E-state index is 0.193. The third kappa shape index (κ3) is 8.65. The fourth-order valence-corrected chi connectivity index (χ4v) is 6.65. The quantitative estimate of drug-likeness (QED) is 0.0186. The van der Waals surface area contributed by atoms with E-state index in [-0.39, 0.29) is 22.4 Å². The van der Waals surface area contributed by atoms with Gasteiger partial charge in [0, 0.05) is 22.9 Å². The standard InChI is InChI=1S/C38H34N6O8S2/c1-20-6-10-28(11-7-20)53-52-51-50-34-15-22(3)13-26-12-21(2)14-33(36(26)34)43-42-32-16-23(4)30(19-31(32)40-24(5)45)41-44-37-35(54(47,48)49)17-25-8-9-27(39)18-29(25)38(37)46/h6-19,46H,39H2,1-5H3,(H,40,45)(H,47,48,49). The number of fused-ring (bicyclic) bond motifs is 2. The van der Waals surface area contributed by atoms with Gasteiger partial charge in [-0.3, -0.25) is 9.35 Å². The number of hydrogen-bond acceptors (Lipinski definition) is 13. The molecule has 1 amide bonds. The number of nitrogens with zero attached hydrogens (tertiary/aromatic N) is 4. The Balaban J connectivity index is 1.35. The van der Waals surface area contributed by atoms with E-state index in [2.05, 4.69) is 25.8 Å². The molecule has 0 saturated heterocycles. The fraction of sp³-hybridized carbons (Fsp3) is 0.132. The van der Waals surface area contributed by atoms with Gasteiger partial charge in [0.05, 0.1) is 34.5 Å². The van der Waals surface area contributed by atoms with Crippen LogP contribution in [0.2, 0.25) is 0 Å². The molecule has 6 aromatic rings. The van der Waals surface area contributed by atoms with Crippen LogP contribution in [0.3, 0.4) is 0 Å². The number of carbonyl (C=O) groups is 1. The molecule has 5 N–H and O–H groups in total. The summed E-state index contributed by atoms with van der Waals surface area (Å²) in [5.74, 6) is -0.627. The van der Waals surface area contributed by atoms with Crippen molar-refractivity contribution in [2.45, 2.75) is 44.4 Å². The van der Waals surface area contributed by atoms with Crippen LogP contribution in [-0.4, -0.2) is 24.0 Å². The van der Waals surface area contributed by atoms with Crippen LogP contribution in [0.15, 0.2) is 115 Å². The van der Waals surface area contributed by atoms with Crippen molar-refractivity contribution in [3.63, 3.8) is 0 Å². The van der Waals surface area contributed by atoms with Gasteiger partial charge in [-0.1, -0.05) is 35.9 Å². The van der Waals surface area contributed by atoms with Crippen molar-refractivity contribution in [1.82, 2.24) is 0 Å². The number of nitrogen functional groups attached to an aromatic ring is 1. The number of carbonyl (C=O) groups excluding carboxylic acids is 1. The van der Waals surface area contributed by atoms with E-state index in [1.165, 1.54) is 31.2 Å². The summed E-state index contributed by atoms with van der Waals surface area (Å²) >= 11 is 0.993. The first kappa shape index (κ1) is 37.8. The highest BCUT2D eigenvalue weighted by Crippen LogP contribution is 2.44. The molecule has 54 heavy (non-hydrogen) atoms. The van der Waals surface area contributed by atoms with Gasteiger partial charge in [0.15, 0.2) is 11.5 Å². The van der Waals surface area contributed by atoms with Gasteiger partial charge in [-0.25, -0.2) is 0 Å². The molecule has 0 fully saturated rings. The second-order valence-corrected chi connectivity index (χ2v) is 14.7. The first-order valence-corrected chi connectivity index (χ1v) is 18.4. The summed E-state index contributed by atoms with van der Waals surface area (Å²) in [6.07, 6.45) is 0. The first-order chi connectivity index (χ1) is 25.7. The zero-order valence-electron chi connectivity index (χ0n) is 29.6. The van der Waals surface area contributed by atoms with Gasteiger partial charge >= 0.3 is 0 Å². The number of nitrogens with one attached hydrogen (secondary N) is 1. The number of azo groups is 2. The zero-order valence-corrected chi connectivity index (χ0v) is 31.2. The van der Waals surface area contributed by atoms with Gasteiger partial charge in [-0.05, 0) is 115 Å². The summed E-state index contributed by atoms with van der Waals surface area (Å²) in [6, 6.07) is 23.9. The maximum atomic E-state index is 12.3. The number of aromatic hydroxyl groups is 1. The summed E-state index contributed by atoms with van der Waals surface area (Å²) in [5.41, 5.74) is 10.2. The van der Waals surface area contributed by atoms with E-state index in [4.69, 9.17) is 20.0 Å². The van der Waals surface area contributed by atoms with Crippen molar-refractivity contribution in [2.75, 3.05) is 11.1 Å². The number of aryl methyl sites for hydroxylation is 4. The van der Waals surface area contributed by atoms with Crippen molar-refractivity contribution >= 4 is 83.7 Å². The van der Waals surface area contributed by atoms with E-state index >= 15 is 0 Å². The number of anilines is 2. The third-order valence-corrected chi connectivity index (χ3v) is 9.54. The van der Waals surface area contributed by atoms with E-state index in [0.29, 0.717) is 33.5 Å². The van der Waals surface area contributed by atoms with Crippen LogP contribution in [0.25, 0.3) is 21.5 Å². The van der Waals surface area contributed by atoms with Crippen LogP contribution < -0.4 is 15.9 Å². The van der Waals surface area contributed by atoms with Crippen molar-refractivity contribution in [2.24, 2.45) is 20.5 Å². The van der Waals surface area contributed by atoms with Crippen molar-refractivity contribution < 1.29 is 37.1 Å². The Labute approximate surface area is 314 Å². The lowest BCUT2D eigenvalue weighted by Gasteiger charge is -2.12. The van der Waals surface area contributed by atoms with E-state index in [9.17, 15) is 22.9 Å². The lowest BCUT2D eigenvalue weighted by Crippen LogP contribution is -2.05. The molecule has 0 unspecified atom stereocenters. The number of nitrogens with two attached hydrogens (primary N) is 1. The molecular weight excluding hydrogens is 733 g/mol. The van der Waals surface area contributed by atoms with Crippen LogP contribution in [0.1, 0.15) is 29.2 Å². The molecule has 6 rings (SSSR count). The number of phenolic OH excluding ortho intramolecular Hbond substituents is 1. The molecule has 14 nitrogen and oxygen atoms in total. The molecular formula is C38H34N6O8S2. The molecule has 0 bridgehead atoms. The van der Waals surface area contributed by atoms with Crippen LogP contribution in [0.4, 0.5) is 34.1 Å². The Morgan fingerprint density at radius 1 is 0.778 bits per heavy atom. The minimum atomic E-state index is -4.83. The molecule has 0 heterocycles. The summed E-state index contributed by atoms with van der Waals surface area (Å²) in [5, 5.41) is 38.0. The molecule has 16 heteroatoms. The van der Waals surface area contributed by atoms with Crippen LogP contribution in [0, 0.1) is 27.7 Å². The Kier molecular flexibility index (Phi) is 10.9. The maximum Gasteiger partial charge on any atom is 0.296 e. The predicted octanol–water partition coefficient (Wildman–Crippen LogP) is 10.5. The van der Waals surface area contributed by atoms with Gasteiger partial charge in [-0.2, -0.15) is 13.5 Å². The largest absolute Gasteiger partial charge is 0.505 e. The topological polar surface area (TPSA) is 207 Å². The molecule has 0 aliphatic rings. The number of benzene rings is 6. The van der Waals surface area contributed by atoms with E-state index in [0.717, 1.165) is 45.1 Å². The molecule has 0 radical (unpaired) electrons. The molecule has 6 aromatic carbocycles. The van der Waals surface area contributed by atoms with Crippen LogP contribution in [-0.2, 0) is 24.3 Å². The van der Waals surface area contributed by atoms with E-state index < -0.39 is 32.4 Å². The van der Waals surface area contributed by atoms with Crippen molar-refractivity contribution in [3.8, 4) is 11.5 Å². The molecule has 0 saturated carbocycles. The minimum Gasteiger partial charge on any atom is -0.505 e. The Morgan fingerprint density at radius 2 is 1.46 bits per heavy atom. The maximum absolute atomic E-state index is 12.3. The number of hydrogen-bond donors (Lipinski definition) is 4. The molecule has 0 spiro atoms. The lowest BCUT2D eigenvalue weighted by atomic mass is 10.0. The average molecular weight is 767 g/mol. The molecule has 276 valence electrons. The number of amides is 1. The highest BCUT2D eigenvalue weighted by atomic mass is 32.2. The molecule has 0 aliphatic carbocycles. The van der Waals surface area contributed by atoms with Crippen molar-refractivity contribution in [1.29, 1.82) is 0 Å². The Morgan fingerprint density at radius 3 is 2.17 bits per heavy atom. The predicted molar refractivity (Wildman–Crippen MR) is 207 cm³/mol. The molecule has 0 atom stereocenters. The highest BCUT2D eigenvalue weighted by molar-refractivity contribution is 7.94. The van der Waals surface area contributed by atoms with Gasteiger partial charge in [0.25, 0.3) is 10.1 Å². The highest BCUT2D eigenvalue weighted by Gasteiger charge is 2.22. The average Bonchev–Trinajstić information content (AvgIpc) is 3.09. The van der Waals surface area contributed by atoms with Gasteiger partial charge in [-0.15, -0.1) is 19.7 Å².